The molecule has 1 aliphatic carbocycles. The normalized spacial score (nSPS) is 28.7. The second kappa shape index (κ2) is 5.72. The van der Waals surface area contributed by atoms with Gasteiger partial charge in [-0.3, -0.25) is 0 Å². The van der Waals surface area contributed by atoms with Crippen molar-refractivity contribution in [2.24, 2.45) is 17.6 Å². The van der Waals surface area contributed by atoms with Gasteiger partial charge in [-0.2, -0.15) is 0 Å². The lowest BCUT2D eigenvalue weighted by atomic mass is 9.85. The Balaban J connectivity index is 2.27. The van der Waals surface area contributed by atoms with Gasteiger partial charge in [0.05, 0.1) is 0 Å². The van der Waals surface area contributed by atoms with Crippen LogP contribution in [0, 0.1) is 11.8 Å². The first-order chi connectivity index (χ1) is 6.59. The molecule has 2 atom stereocenters. The van der Waals surface area contributed by atoms with Gasteiger partial charge < -0.3 is 10.6 Å². The minimum absolute atomic E-state index is 0.457. The Kier molecular flexibility index (Phi) is 4.90. The van der Waals surface area contributed by atoms with E-state index in [9.17, 15) is 0 Å². The summed E-state index contributed by atoms with van der Waals surface area (Å²) < 4.78 is 0. The summed E-state index contributed by atoms with van der Waals surface area (Å²) in [5.41, 5.74) is 6.13. The lowest BCUT2D eigenvalue weighted by molar-refractivity contribution is 0.198. The number of nitrogens with two attached hydrogens (primary N) is 1. The predicted octanol–water partition coefficient (Wildman–Crippen LogP) is 2.09. The summed E-state index contributed by atoms with van der Waals surface area (Å²) in [5.74, 6) is 1.51. The van der Waals surface area contributed by atoms with Gasteiger partial charge in [-0.05, 0) is 31.7 Å². The van der Waals surface area contributed by atoms with E-state index < -0.39 is 0 Å². The molecule has 2 nitrogen and oxygen atoms in total. The van der Waals surface area contributed by atoms with Crippen molar-refractivity contribution in [3.8, 4) is 0 Å². The highest BCUT2D eigenvalue weighted by atomic mass is 15.1. The molecule has 0 amide bonds. The average Bonchev–Trinajstić information content (AvgIpc) is 2.07. The fourth-order valence-electron chi connectivity index (χ4n) is 2.56. The zero-order valence-electron chi connectivity index (χ0n) is 10.00. The van der Waals surface area contributed by atoms with Gasteiger partial charge in [0, 0.05) is 19.1 Å². The third-order valence-corrected chi connectivity index (χ3v) is 3.19. The van der Waals surface area contributed by atoms with Crippen molar-refractivity contribution in [1.82, 2.24) is 4.90 Å². The molecule has 1 rings (SSSR count). The summed E-state index contributed by atoms with van der Waals surface area (Å²) in [6, 6.07) is 0.457. The second-order valence-corrected chi connectivity index (χ2v) is 5.32. The van der Waals surface area contributed by atoms with Crippen LogP contribution in [0.3, 0.4) is 0 Å². The summed E-state index contributed by atoms with van der Waals surface area (Å²) in [6.45, 7) is 6.94. The molecule has 0 aromatic rings. The Morgan fingerprint density at radius 2 is 1.93 bits per heavy atom. The molecule has 1 fully saturated rings. The molecule has 0 heterocycles. The Morgan fingerprint density at radius 3 is 2.50 bits per heavy atom. The zero-order valence-corrected chi connectivity index (χ0v) is 10.00. The van der Waals surface area contributed by atoms with Crippen LogP contribution in [0.2, 0.25) is 0 Å². The first-order valence-electron chi connectivity index (χ1n) is 6.03. The average molecular weight is 198 g/mol. The molecule has 0 saturated heterocycles. The largest absolute Gasteiger partial charge is 0.327 e. The maximum absolute atomic E-state index is 6.13. The van der Waals surface area contributed by atoms with E-state index in [4.69, 9.17) is 5.73 Å². The second-order valence-electron chi connectivity index (χ2n) is 5.32. The van der Waals surface area contributed by atoms with Gasteiger partial charge >= 0.3 is 0 Å². The smallest absolute Gasteiger partial charge is 0.00793 e. The molecule has 2 heteroatoms. The van der Waals surface area contributed by atoms with E-state index in [0.717, 1.165) is 11.8 Å². The van der Waals surface area contributed by atoms with Crippen LogP contribution < -0.4 is 5.73 Å². The van der Waals surface area contributed by atoms with E-state index in [2.05, 4.69) is 25.8 Å². The molecule has 0 radical (unpaired) electrons. The van der Waals surface area contributed by atoms with Gasteiger partial charge in [0.1, 0.15) is 0 Å². The van der Waals surface area contributed by atoms with Crippen LogP contribution in [-0.2, 0) is 0 Å². The summed E-state index contributed by atoms with van der Waals surface area (Å²) in [5, 5.41) is 0. The molecule has 14 heavy (non-hydrogen) atoms. The van der Waals surface area contributed by atoms with Gasteiger partial charge in [0.15, 0.2) is 0 Å². The van der Waals surface area contributed by atoms with E-state index in [-0.39, 0.29) is 0 Å². The highest BCUT2D eigenvalue weighted by molar-refractivity contribution is 4.79. The molecule has 0 aliphatic heterocycles. The van der Waals surface area contributed by atoms with Crippen molar-refractivity contribution >= 4 is 0 Å². The maximum atomic E-state index is 6.13. The van der Waals surface area contributed by atoms with Gasteiger partial charge in [0.2, 0.25) is 0 Å². The number of rotatable bonds is 4. The van der Waals surface area contributed by atoms with Crippen LogP contribution in [0.15, 0.2) is 0 Å². The molecular weight excluding hydrogens is 172 g/mol. The van der Waals surface area contributed by atoms with Crippen LogP contribution in [0.4, 0.5) is 0 Å². The molecular formula is C12H26N2. The Morgan fingerprint density at radius 1 is 1.29 bits per heavy atom. The number of hydrogen-bond acceptors (Lipinski definition) is 2. The molecule has 1 aliphatic rings. The zero-order chi connectivity index (χ0) is 10.6. The highest BCUT2D eigenvalue weighted by Crippen LogP contribution is 2.23. The Hall–Kier alpha value is -0.0800. The molecule has 0 bridgehead atoms. The third kappa shape index (κ3) is 3.97. The van der Waals surface area contributed by atoms with Crippen molar-refractivity contribution in [1.29, 1.82) is 0 Å². The number of nitrogens with zero attached hydrogens (tertiary/aromatic N) is 1. The quantitative estimate of drug-likeness (QED) is 0.749. The fourth-order valence-corrected chi connectivity index (χ4v) is 2.56. The van der Waals surface area contributed by atoms with E-state index in [1.54, 1.807) is 0 Å². The lowest BCUT2D eigenvalue weighted by Crippen LogP contribution is -2.40. The monoisotopic (exact) mass is 198 g/mol. The maximum Gasteiger partial charge on any atom is 0.00793 e. The molecule has 0 aromatic carbocycles. The minimum Gasteiger partial charge on any atom is -0.327 e. The first-order valence-corrected chi connectivity index (χ1v) is 6.03. The van der Waals surface area contributed by atoms with Gasteiger partial charge in [0.25, 0.3) is 0 Å². The van der Waals surface area contributed by atoms with Crippen molar-refractivity contribution in [2.45, 2.75) is 45.6 Å². The van der Waals surface area contributed by atoms with Crippen molar-refractivity contribution < 1.29 is 0 Å². The van der Waals surface area contributed by atoms with Crippen LogP contribution >= 0.6 is 0 Å². The fraction of sp³-hybridized carbons (Fsp3) is 1.00. The standard InChI is InChI=1S/C12H26N2/c1-10(2)8-14(3)9-11-6-4-5-7-12(11)13/h10-12H,4-9,13H2,1-3H3. The lowest BCUT2D eigenvalue weighted by Gasteiger charge is -2.32. The van der Waals surface area contributed by atoms with E-state index >= 15 is 0 Å². The number of hydrogen-bond donors (Lipinski definition) is 1. The summed E-state index contributed by atoms with van der Waals surface area (Å²) in [6.07, 6.45) is 5.29. The molecule has 1 saturated carbocycles. The summed E-state index contributed by atoms with van der Waals surface area (Å²) in [4.78, 5) is 2.44. The SMILES string of the molecule is CC(C)CN(C)CC1CCCCC1N. The van der Waals surface area contributed by atoms with E-state index in [0.29, 0.717) is 6.04 Å². The van der Waals surface area contributed by atoms with Gasteiger partial charge in [-0.15, -0.1) is 0 Å². The minimum atomic E-state index is 0.457. The Labute approximate surface area is 88.8 Å². The van der Waals surface area contributed by atoms with Crippen LogP contribution in [-0.4, -0.2) is 31.1 Å². The Bertz CT molecular complexity index is 156. The van der Waals surface area contributed by atoms with Crippen molar-refractivity contribution in [2.75, 3.05) is 20.1 Å². The molecule has 0 aromatic heterocycles. The molecule has 2 unspecified atom stereocenters. The highest BCUT2D eigenvalue weighted by Gasteiger charge is 2.22. The summed E-state index contributed by atoms with van der Waals surface area (Å²) >= 11 is 0. The van der Waals surface area contributed by atoms with Crippen molar-refractivity contribution in [3.63, 3.8) is 0 Å². The molecule has 0 spiro atoms. The van der Waals surface area contributed by atoms with Gasteiger partial charge in [-0.1, -0.05) is 26.7 Å². The van der Waals surface area contributed by atoms with Gasteiger partial charge in [-0.25, -0.2) is 0 Å². The van der Waals surface area contributed by atoms with Crippen LogP contribution in [0.25, 0.3) is 0 Å². The van der Waals surface area contributed by atoms with Crippen molar-refractivity contribution in [3.05, 3.63) is 0 Å². The van der Waals surface area contributed by atoms with E-state index in [1.807, 2.05) is 0 Å². The third-order valence-electron chi connectivity index (χ3n) is 3.19. The van der Waals surface area contributed by atoms with E-state index in [1.165, 1.54) is 38.8 Å². The first kappa shape index (κ1) is 12.0. The topological polar surface area (TPSA) is 29.3 Å². The van der Waals surface area contributed by atoms with Crippen LogP contribution in [0.5, 0.6) is 0 Å². The molecule has 2 N–H and O–H groups in total. The van der Waals surface area contributed by atoms with Crippen LogP contribution in [0.1, 0.15) is 39.5 Å². The molecule has 84 valence electrons. The summed E-state index contributed by atoms with van der Waals surface area (Å²) in [7, 11) is 2.22. The predicted molar refractivity (Wildman–Crippen MR) is 62.3 cm³/mol.